The van der Waals surface area contributed by atoms with Gasteiger partial charge in [0, 0.05) is 5.69 Å². The van der Waals surface area contributed by atoms with Crippen molar-refractivity contribution in [3.8, 4) is 0 Å². The van der Waals surface area contributed by atoms with Crippen molar-refractivity contribution in [3.63, 3.8) is 0 Å². The van der Waals surface area contributed by atoms with Gasteiger partial charge in [0.2, 0.25) is 0 Å². The Balaban J connectivity index is 2.18. The Bertz CT molecular complexity index is 780. The van der Waals surface area contributed by atoms with Crippen LogP contribution in [0.25, 0.3) is 0 Å². The number of benzene rings is 1. The second-order valence-corrected chi connectivity index (χ2v) is 8.71. The van der Waals surface area contributed by atoms with E-state index in [1.165, 1.54) is 12.1 Å². The zero-order valence-electron chi connectivity index (χ0n) is 13.0. The highest BCUT2D eigenvalue weighted by Gasteiger charge is 2.30. The third kappa shape index (κ3) is 3.22. The van der Waals surface area contributed by atoms with Crippen LogP contribution in [0.4, 0.5) is 5.69 Å². The fraction of sp³-hybridized carbons (Fsp3) is 0.312. The first-order valence-electron chi connectivity index (χ1n) is 6.84. The van der Waals surface area contributed by atoms with Gasteiger partial charge in [0.25, 0.3) is 5.91 Å². The van der Waals surface area contributed by atoms with E-state index in [4.69, 9.17) is 4.42 Å². The number of rotatable bonds is 3. The number of hydrogen-bond acceptors (Lipinski definition) is 4. The molecule has 0 atom stereocenters. The van der Waals surface area contributed by atoms with Crippen LogP contribution in [0.3, 0.4) is 0 Å². The van der Waals surface area contributed by atoms with Crippen LogP contribution in [0, 0.1) is 6.92 Å². The predicted molar refractivity (Wildman–Crippen MR) is 84.8 cm³/mol. The number of sulfone groups is 1. The van der Waals surface area contributed by atoms with Crippen LogP contribution >= 0.6 is 0 Å². The van der Waals surface area contributed by atoms with Gasteiger partial charge in [-0.15, -0.1) is 0 Å². The average Bonchev–Trinajstić information content (AvgIpc) is 2.85. The first kappa shape index (κ1) is 16.3. The van der Waals surface area contributed by atoms with Crippen molar-refractivity contribution in [2.24, 2.45) is 0 Å². The number of nitrogens with one attached hydrogen (secondary N) is 1. The Kier molecular flexibility index (Phi) is 4.15. The largest absolute Gasteiger partial charge is 0.456 e. The number of amides is 1. The van der Waals surface area contributed by atoms with Gasteiger partial charge in [-0.2, -0.15) is 0 Å². The van der Waals surface area contributed by atoms with Crippen LogP contribution < -0.4 is 5.32 Å². The molecule has 0 saturated heterocycles. The summed E-state index contributed by atoms with van der Waals surface area (Å²) in [5.41, 5.74) is 0.506. The molecule has 1 N–H and O–H groups in total. The predicted octanol–water partition coefficient (Wildman–Crippen LogP) is 3.41. The van der Waals surface area contributed by atoms with Crippen LogP contribution in [-0.4, -0.2) is 19.1 Å². The van der Waals surface area contributed by atoms with Gasteiger partial charge in [-0.3, -0.25) is 4.79 Å². The Morgan fingerprint density at radius 2 is 1.64 bits per heavy atom. The Morgan fingerprint density at radius 3 is 2.09 bits per heavy atom. The molecule has 0 unspecified atom stereocenters. The van der Waals surface area contributed by atoms with Gasteiger partial charge < -0.3 is 9.73 Å². The quantitative estimate of drug-likeness (QED) is 0.940. The van der Waals surface area contributed by atoms with Crippen molar-refractivity contribution in [3.05, 3.63) is 47.9 Å². The molecule has 0 bridgehead atoms. The molecule has 0 radical (unpaired) electrons. The fourth-order valence-electron chi connectivity index (χ4n) is 1.82. The molecule has 118 valence electrons. The first-order chi connectivity index (χ1) is 10.1. The number of anilines is 1. The molecule has 22 heavy (non-hydrogen) atoms. The Hall–Kier alpha value is -2.08. The minimum atomic E-state index is -3.40. The molecule has 1 amide bonds. The van der Waals surface area contributed by atoms with Gasteiger partial charge in [0.15, 0.2) is 15.6 Å². The molecule has 1 heterocycles. The van der Waals surface area contributed by atoms with Gasteiger partial charge in [-0.25, -0.2) is 8.42 Å². The standard InChI is InChI=1S/C16H19NO4S/c1-11-5-10-14(21-11)15(18)17-12-6-8-13(9-7-12)22(19,20)16(2,3)4/h5-10H,1-4H3,(H,17,18). The Morgan fingerprint density at radius 1 is 1.05 bits per heavy atom. The molecule has 5 nitrogen and oxygen atoms in total. The number of furan rings is 1. The van der Waals surface area contributed by atoms with Crippen LogP contribution in [0.2, 0.25) is 0 Å². The summed E-state index contributed by atoms with van der Waals surface area (Å²) in [7, 11) is -3.40. The summed E-state index contributed by atoms with van der Waals surface area (Å²) < 4.78 is 29.0. The lowest BCUT2D eigenvalue weighted by atomic mass is 10.3. The monoisotopic (exact) mass is 321 g/mol. The van der Waals surface area contributed by atoms with E-state index in [9.17, 15) is 13.2 Å². The maximum Gasteiger partial charge on any atom is 0.291 e. The first-order valence-corrected chi connectivity index (χ1v) is 8.32. The summed E-state index contributed by atoms with van der Waals surface area (Å²) in [5, 5.41) is 2.66. The molecule has 0 fully saturated rings. The number of hydrogen-bond donors (Lipinski definition) is 1. The lowest BCUT2D eigenvalue weighted by Gasteiger charge is -2.19. The van der Waals surface area contributed by atoms with Gasteiger partial charge in [-0.1, -0.05) is 0 Å². The van der Waals surface area contributed by atoms with Crippen molar-refractivity contribution >= 4 is 21.4 Å². The minimum absolute atomic E-state index is 0.212. The number of carbonyl (C=O) groups excluding carboxylic acids is 1. The SMILES string of the molecule is Cc1ccc(C(=O)Nc2ccc(S(=O)(=O)C(C)(C)C)cc2)o1. The molecule has 0 aliphatic carbocycles. The molecule has 2 rings (SSSR count). The Labute approximate surface area is 130 Å². The summed E-state index contributed by atoms with van der Waals surface area (Å²) in [4.78, 5) is 12.2. The maximum absolute atomic E-state index is 12.3. The lowest BCUT2D eigenvalue weighted by molar-refractivity contribution is 0.0995. The molecule has 0 spiro atoms. The van der Waals surface area contributed by atoms with Crippen molar-refractivity contribution in [2.45, 2.75) is 37.3 Å². The van der Waals surface area contributed by atoms with Gasteiger partial charge in [0.1, 0.15) is 5.76 Å². The molecule has 0 saturated carbocycles. The molecule has 1 aromatic heterocycles. The van der Waals surface area contributed by atoms with E-state index in [0.29, 0.717) is 11.4 Å². The maximum atomic E-state index is 12.3. The third-order valence-electron chi connectivity index (χ3n) is 3.19. The normalized spacial score (nSPS) is 12.2. The van der Waals surface area contributed by atoms with Gasteiger partial charge >= 0.3 is 0 Å². The van der Waals surface area contributed by atoms with E-state index in [1.54, 1.807) is 52.0 Å². The van der Waals surface area contributed by atoms with Crippen LogP contribution in [0.1, 0.15) is 37.1 Å². The van der Waals surface area contributed by atoms with Crippen LogP contribution in [0.5, 0.6) is 0 Å². The van der Waals surface area contributed by atoms with E-state index in [-0.39, 0.29) is 16.6 Å². The summed E-state index contributed by atoms with van der Waals surface area (Å²) in [6, 6.07) is 9.39. The van der Waals surface area contributed by atoms with Crippen molar-refractivity contribution in [1.29, 1.82) is 0 Å². The molecule has 6 heteroatoms. The third-order valence-corrected chi connectivity index (χ3v) is 5.70. The number of carbonyl (C=O) groups is 1. The summed E-state index contributed by atoms with van der Waals surface area (Å²) in [6.45, 7) is 6.70. The molecule has 0 aliphatic rings. The molecule has 0 aliphatic heterocycles. The van der Waals surface area contributed by atoms with E-state index in [0.717, 1.165) is 0 Å². The fourth-order valence-corrected chi connectivity index (χ4v) is 3.02. The molecule has 2 aromatic rings. The summed E-state index contributed by atoms with van der Waals surface area (Å²) in [5.74, 6) is 0.486. The van der Waals surface area contributed by atoms with Crippen LogP contribution in [0.15, 0.2) is 45.7 Å². The van der Waals surface area contributed by atoms with Gasteiger partial charge in [0.05, 0.1) is 9.64 Å². The second-order valence-electron chi connectivity index (χ2n) is 6.00. The van der Waals surface area contributed by atoms with E-state index in [2.05, 4.69) is 5.32 Å². The molecular formula is C16H19NO4S. The smallest absolute Gasteiger partial charge is 0.291 e. The summed E-state index contributed by atoms with van der Waals surface area (Å²) in [6.07, 6.45) is 0. The highest BCUT2D eigenvalue weighted by atomic mass is 32.2. The van der Waals surface area contributed by atoms with Crippen molar-refractivity contribution in [1.82, 2.24) is 0 Å². The van der Waals surface area contributed by atoms with Crippen LogP contribution in [-0.2, 0) is 9.84 Å². The molecular weight excluding hydrogens is 302 g/mol. The van der Waals surface area contributed by atoms with Crippen molar-refractivity contribution in [2.75, 3.05) is 5.32 Å². The topological polar surface area (TPSA) is 76.4 Å². The van der Waals surface area contributed by atoms with E-state index >= 15 is 0 Å². The van der Waals surface area contributed by atoms with Crippen molar-refractivity contribution < 1.29 is 17.6 Å². The summed E-state index contributed by atoms with van der Waals surface area (Å²) >= 11 is 0. The molecule has 1 aromatic carbocycles. The van der Waals surface area contributed by atoms with E-state index in [1.807, 2.05) is 0 Å². The van der Waals surface area contributed by atoms with Gasteiger partial charge in [-0.05, 0) is 64.1 Å². The zero-order valence-corrected chi connectivity index (χ0v) is 13.8. The number of aryl methyl sites for hydroxylation is 1. The second kappa shape index (κ2) is 5.61. The lowest BCUT2D eigenvalue weighted by Crippen LogP contribution is -2.27. The minimum Gasteiger partial charge on any atom is -0.456 e. The average molecular weight is 321 g/mol. The van der Waals surface area contributed by atoms with E-state index < -0.39 is 14.6 Å². The zero-order chi connectivity index (χ0) is 16.5. The highest BCUT2D eigenvalue weighted by molar-refractivity contribution is 7.92. The highest BCUT2D eigenvalue weighted by Crippen LogP contribution is 2.25.